The highest BCUT2D eigenvalue weighted by molar-refractivity contribution is 5.88. The Morgan fingerprint density at radius 1 is 1.04 bits per heavy atom. The number of hydrogen-bond donors (Lipinski definition) is 1. The number of fused-ring (bicyclic) bond motifs is 1. The van der Waals surface area contributed by atoms with Crippen LogP contribution < -0.4 is 5.32 Å². The van der Waals surface area contributed by atoms with Gasteiger partial charge in [0.05, 0.1) is 5.52 Å². The summed E-state index contributed by atoms with van der Waals surface area (Å²) >= 11 is 0. The van der Waals surface area contributed by atoms with Crippen molar-refractivity contribution in [3.8, 4) is 22.6 Å². The van der Waals surface area contributed by atoms with E-state index in [4.69, 9.17) is 9.40 Å². The largest absolute Gasteiger partial charge is 0.460 e. The molecule has 0 amide bonds. The summed E-state index contributed by atoms with van der Waals surface area (Å²) in [6.45, 7) is 3.92. The summed E-state index contributed by atoms with van der Waals surface area (Å²) in [4.78, 5) is 18.0. The van der Waals surface area contributed by atoms with Crippen LogP contribution in [0.25, 0.3) is 33.5 Å². The van der Waals surface area contributed by atoms with Gasteiger partial charge in [-0.05, 0) is 56.5 Å². The fourth-order valence-corrected chi connectivity index (χ4v) is 3.18. The Labute approximate surface area is 156 Å². The van der Waals surface area contributed by atoms with Crippen molar-refractivity contribution in [1.29, 1.82) is 0 Å². The SMILES string of the molecule is Cc1ccc(-c2nc(NC3CC3)ncc2-c2ccc3ncnc(C)c3c2)o1. The summed E-state index contributed by atoms with van der Waals surface area (Å²) in [5, 5.41) is 4.39. The van der Waals surface area contributed by atoms with E-state index in [1.165, 1.54) is 12.8 Å². The quantitative estimate of drug-likeness (QED) is 0.578. The van der Waals surface area contributed by atoms with E-state index in [0.717, 1.165) is 44.9 Å². The first kappa shape index (κ1) is 15.9. The Hall–Kier alpha value is -3.28. The van der Waals surface area contributed by atoms with Crippen LogP contribution in [0.2, 0.25) is 0 Å². The molecule has 6 heteroatoms. The molecule has 3 aromatic heterocycles. The lowest BCUT2D eigenvalue weighted by Gasteiger charge is -2.11. The van der Waals surface area contributed by atoms with E-state index in [1.807, 2.05) is 44.3 Å². The molecule has 134 valence electrons. The van der Waals surface area contributed by atoms with E-state index in [0.29, 0.717) is 12.0 Å². The Morgan fingerprint density at radius 2 is 1.93 bits per heavy atom. The zero-order valence-corrected chi connectivity index (χ0v) is 15.2. The molecule has 1 N–H and O–H groups in total. The maximum Gasteiger partial charge on any atom is 0.223 e. The van der Waals surface area contributed by atoms with Crippen LogP contribution >= 0.6 is 0 Å². The third-order valence-corrected chi connectivity index (χ3v) is 4.82. The van der Waals surface area contributed by atoms with Gasteiger partial charge in [-0.15, -0.1) is 0 Å². The number of aromatic nitrogens is 4. The predicted molar refractivity (Wildman–Crippen MR) is 104 cm³/mol. The molecule has 0 unspecified atom stereocenters. The number of nitrogens with one attached hydrogen (secondary N) is 1. The van der Waals surface area contributed by atoms with Crippen LogP contribution in [0, 0.1) is 13.8 Å². The minimum Gasteiger partial charge on any atom is -0.460 e. The lowest BCUT2D eigenvalue weighted by molar-refractivity contribution is 0.546. The fraction of sp³-hybridized carbons (Fsp3) is 0.238. The highest BCUT2D eigenvalue weighted by Gasteiger charge is 2.23. The molecule has 1 aliphatic rings. The van der Waals surface area contributed by atoms with Crippen LogP contribution in [0.1, 0.15) is 24.3 Å². The molecule has 4 aromatic rings. The first-order valence-corrected chi connectivity index (χ1v) is 9.09. The highest BCUT2D eigenvalue weighted by Crippen LogP contribution is 2.34. The van der Waals surface area contributed by atoms with Crippen molar-refractivity contribution in [3.05, 3.63) is 54.3 Å². The Kier molecular flexibility index (Phi) is 3.63. The Balaban J connectivity index is 1.67. The molecular weight excluding hydrogens is 338 g/mol. The van der Waals surface area contributed by atoms with Crippen molar-refractivity contribution < 1.29 is 4.42 Å². The van der Waals surface area contributed by atoms with Crippen LogP contribution in [0.15, 0.2) is 47.3 Å². The Bertz CT molecular complexity index is 1150. The second kappa shape index (κ2) is 6.16. The zero-order valence-electron chi connectivity index (χ0n) is 15.2. The second-order valence-electron chi connectivity index (χ2n) is 6.98. The number of aryl methyl sites for hydroxylation is 2. The summed E-state index contributed by atoms with van der Waals surface area (Å²) in [6, 6.07) is 10.5. The minimum absolute atomic E-state index is 0.488. The minimum atomic E-state index is 0.488. The molecule has 0 radical (unpaired) electrons. The molecule has 0 saturated heterocycles. The predicted octanol–water partition coefficient (Wildman–Crippen LogP) is 4.54. The van der Waals surface area contributed by atoms with Crippen molar-refractivity contribution in [1.82, 2.24) is 19.9 Å². The summed E-state index contributed by atoms with van der Waals surface area (Å²) in [5.41, 5.74) is 4.60. The van der Waals surface area contributed by atoms with Crippen LogP contribution in [0.4, 0.5) is 5.95 Å². The van der Waals surface area contributed by atoms with Crippen LogP contribution in [0.3, 0.4) is 0 Å². The van der Waals surface area contributed by atoms with Gasteiger partial charge in [0, 0.05) is 28.9 Å². The van der Waals surface area contributed by atoms with Gasteiger partial charge in [-0.25, -0.2) is 19.9 Å². The average molecular weight is 357 g/mol. The van der Waals surface area contributed by atoms with Crippen molar-refractivity contribution in [2.24, 2.45) is 0 Å². The highest BCUT2D eigenvalue weighted by atomic mass is 16.3. The third-order valence-electron chi connectivity index (χ3n) is 4.82. The van der Waals surface area contributed by atoms with E-state index in [1.54, 1.807) is 6.33 Å². The van der Waals surface area contributed by atoms with Gasteiger partial charge in [-0.2, -0.15) is 0 Å². The normalized spacial score (nSPS) is 13.9. The van der Waals surface area contributed by atoms with Gasteiger partial charge in [0.25, 0.3) is 0 Å². The van der Waals surface area contributed by atoms with Gasteiger partial charge in [-0.3, -0.25) is 0 Å². The zero-order chi connectivity index (χ0) is 18.4. The van der Waals surface area contributed by atoms with E-state index in [-0.39, 0.29) is 0 Å². The number of anilines is 1. The number of hydrogen-bond acceptors (Lipinski definition) is 6. The maximum absolute atomic E-state index is 5.88. The first-order chi connectivity index (χ1) is 13.2. The van der Waals surface area contributed by atoms with Crippen LogP contribution in [-0.4, -0.2) is 26.0 Å². The molecule has 1 aromatic carbocycles. The van der Waals surface area contributed by atoms with E-state index >= 15 is 0 Å². The number of furan rings is 1. The monoisotopic (exact) mass is 357 g/mol. The molecule has 6 nitrogen and oxygen atoms in total. The van der Waals surface area contributed by atoms with Crippen molar-refractivity contribution in [3.63, 3.8) is 0 Å². The van der Waals surface area contributed by atoms with E-state index < -0.39 is 0 Å². The van der Waals surface area contributed by atoms with Gasteiger partial charge >= 0.3 is 0 Å². The van der Waals surface area contributed by atoms with Gasteiger partial charge in [-0.1, -0.05) is 6.07 Å². The molecule has 1 fully saturated rings. The molecule has 3 heterocycles. The van der Waals surface area contributed by atoms with E-state index in [2.05, 4.69) is 26.3 Å². The van der Waals surface area contributed by atoms with Gasteiger partial charge in [0.15, 0.2) is 5.76 Å². The number of rotatable bonds is 4. The summed E-state index contributed by atoms with van der Waals surface area (Å²) in [6.07, 6.45) is 5.80. The fourth-order valence-electron chi connectivity index (χ4n) is 3.18. The van der Waals surface area contributed by atoms with Crippen LogP contribution in [-0.2, 0) is 0 Å². The van der Waals surface area contributed by atoms with Crippen molar-refractivity contribution >= 4 is 16.9 Å². The second-order valence-corrected chi connectivity index (χ2v) is 6.98. The maximum atomic E-state index is 5.88. The topological polar surface area (TPSA) is 76.7 Å². The molecule has 0 spiro atoms. The molecule has 5 rings (SSSR count). The molecule has 0 bridgehead atoms. The number of nitrogens with zero attached hydrogens (tertiary/aromatic N) is 4. The number of benzene rings is 1. The molecular formula is C21H19N5O. The summed E-state index contributed by atoms with van der Waals surface area (Å²) < 4.78 is 5.88. The molecule has 1 saturated carbocycles. The standard InChI is InChI=1S/C21H19N5O/c1-12-3-8-19(27-12)20-17(10-22-21(26-20)25-15-5-6-15)14-4-7-18-16(9-14)13(2)23-11-24-18/h3-4,7-11,15H,5-6H2,1-2H3,(H,22,25,26). The summed E-state index contributed by atoms with van der Waals surface area (Å²) in [5.74, 6) is 2.24. The summed E-state index contributed by atoms with van der Waals surface area (Å²) in [7, 11) is 0. The van der Waals surface area contributed by atoms with E-state index in [9.17, 15) is 0 Å². The van der Waals surface area contributed by atoms with Gasteiger partial charge in [0.1, 0.15) is 17.8 Å². The lowest BCUT2D eigenvalue weighted by Crippen LogP contribution is -2.06. The van der Waals surface area contributed by atoms with Crippen LogP contribution in [0.5, 0.6) is 0 Å². The lowest BCUT2D eigenvalue weighted by atomic mass is 10.0. The smallest absolute Gasteiger partial charge is 0.223 e. The van der Waals surface area contributed by atoms with Gasteiger partial charge < -0.3 is 9.73 Å². The molecule has 1 aliphatic carbocycles. The molecule has 27 heavy (non-hydrogen) atoms. The van der Waals surface area contributed by atoms with Crippen molar-refractivity contribution in [2.75, 3.05) is 5.32 Å². The first-order valence-electron chi connectivity index (χ1n) is 9.09. The molecule has 0 aliphatic heterocycles. The molecule has 0 atom stereocenters. The van der Waals surface area contributed by atoms with Gasteiger partial charge in [0.2, 0.25) is 5.95 Å². The Morgan fingerprint density at radius 3 is 2.70 bits per heavy atom. The average Bonchev–Trinajstić information content (AvgIpc) is 3.39. The van der Waals surface area contributed by atoms with Crippen molar-refractivity contribution in [2.45, 2.75) is 32.7 Å². The third kappa shape index (κ3) is 3.03.